The number of aryl methyl sites for hydroxylation is 2. The van der Waals surface area contributed by atoms with Gasteiger partial charge >= 0.3 is 12.1 Å². The van der Waals surface area contributed by atoms with Crippen LogP contribution in [0.4, 0.5) is 10.5 Å². The third kappa shape index (κ3) is 16.2. The van der Waals surface area contributed by atoms with Crippen LogP contribution < -0.4 is 67.8 Å². The monoisotopic (exact) mass is 1460 g/mol. The largest absolute Gasteiger partial charge is 0.457 e. The fourth-order valence-corrected chi connectivity index (χ4v) is 42.1. The predicted octanol–water partition coefficient (Wildman–Crippen LogP) is 16.5. The molecule has 0 fully saturated rings. The van der Waals surface area contributed by atoms with Crippen molar-refractivity contribution in [2.24, 2.45) is 0 Å². The number of carbonyl (C=O) groups is 2. The molecule has 7 nitrogen and oxygen atoms in total. The van der Waals surface area contributed by atoms with Gasteiger partial charge in [-0.25, -0.2) is 9.59 Å². The van der Waals surface area contributed by atoms with Gasteiger partial charge in [0.2, 0.25) is 0 Å². The summed E-state index contributed by atoms with van der Waals surface area (Å²) >= 11 is 0. The van der Waals surface area contributed by atoms with Crippen LogP contribution in [-0.4, -0.2) is 44.4 Å². The van der Waals surface area contributed by atoms with Gasteiger partial charge in [0.1, 0.15) is 13.2 Å². The standard InChI is InChI=1S/C94H109N3O4Si4/c1-67(2)102(68(3)4,69(5)6)89-55-79(56-90(59-89)103(70(7)8,71(9)10)72(11)12)93(98)100-65-77-49-45-75(46-50-77)61-95-63-80-53-74(14)81(54-73(80)13)64-96-62-76-47-51-78(52-48-76)66-101-94(99)97-82-57-91(104(83-33-21-15-22-34-83,84-35-23-16-24-36-84)85-37-25-17-26-38-85)60-92(58-82)105(86-39-27-18-28-40-86,87-41-29-19-30-42-87)88-43-31-20-32-44-88/h15-60,67-72,95-96H,61-66H2,1-14H3,(H,97,99). The van der Waals surface area contributed by atoms with Gasteiger partial charge in [-0.1, -0.05) is 348 Å². The molecule has 0 saturated carbocycles. The summed E-state index contributed by atoms with van der Waals surface area (Å²) in [6.07, 6.45) is -0.521. The Morgan fingerprint density at radius 2 is 0.581 bits per heavy atom. The van der Waals surface area contributed by atoms with Crippen molar-refractivity contribution in [3.63, 3.8) is 0 Å². The van der Waals surface area contributed by atoms with Crippen molar-refractivity contribution in [3.05, 3.63) is 329 Å². The number of esters is 1. The molecule has 0 aliphatic carbocycles. The van der Waals surface area contributed by atoms with Gasteiger partial charge < -0.3 is 20.1 Å². The van der Waals surface area contributed by atoms with Crippen LogP contribution in [0.3, 0.4) is 0 Å². The number of hydrogen-bond acceptors (Lipinski definition) is 6. The van der Waals surface area contributed by atoms with Gasteiger partial charge in [0.25, 0.3) is 0 Å². The van der Waals surface area contributed by atoms with E-state index in [0.717, 1.165) is 46.7 Å². The zero-order valence-corrected chi connectivity index (χ0v) is 68.4. The Morgan fingerprint density at radius 1 is 0.305 bits per heavy atom. The quantitative estimate of drug-likeness (QED) is 0.0236. The Kier molecular flexibility index (Phi) is 25.3. The van der Waals surface area contributed by atoms with Crippen molar-refractivity contribution < 1.29 is 19.1 Å². The second kappa shape index (κ2) is 34.5. The molecule has 0 heterocycles. The fraction of sp³-hybridized carbons (Fsp3) is 0.277. The molecule has 0 bridgehead atoms. The van der Waals surface area contributed by atoms with Crippen molar-refractivity contribution in [1.29, 1.82) is 0 Å². The molecule has 3 N–H and O–H groups in total. The smallest absolute Gasteiger partial charge is 0.411 e. The average molecular weight is 1460 g/mol. The van der Waals surface area contributed by atoms with Crippen LogP contribution in [0.2, 0.25) is 33.2 Å². The first-order valence-electron chi connectivity index (χ1n) is 38.1. The maximum absolute atomic E-state index is 14.5. The third-order valence-corrected chi connectivity index (χ3v) is 46.6. The lowest BCUT2D eigenvalue weighted by Crippen LogP contribution is -2.78. The lowest BCUT2D eigenvalue weighted by atomic mass is 9.99. The SMILES string of the molecule is Cc1cc(CNCc2ccc(COC(=O)c3cc([Si](C(C)C)(C(C)C)C(C)C)cc([Si](C(C)C)(C(C)C)C(C)C)c3)cc2)c(C)cc1CNCc1ccc(COC(=O)Nc2cc([Si](c3ccccc3)(c3ccccc3)c3ccccc3)cc([Si](c3ccccc3)(c3ccccc3)c3ccccc3)c2)cc1. The van der Waals surface area contributed by atoms with Crippen molar-refractivity contribution in [1.82, 2.24) is 10.6 Å². The van der Waals surface area contributed by atoms with Gasteiger partial charge in [-0.05, 0) is 157 Å². The summed E-state index contributed by atoms with van der Waals surface area (Å²) in [5.41, 5.74) is 13.8. The van der Waals surface area contributed by atoms with E-state index in [1.54, 1.807) is 0 Å². The van der Waals surface area contributed by atoms with Crippen LogP contribution in [0.5, 0.6) is 0 Å². The van der Waals surface area contributed by atoms with Crippen LogP contribution in [0.1, 0.15) is 138 Å². The Morgan fingerprint density at radius 3 is 0.876 bits per heavy atom. The molecule has 105 heavy (non-hydrogen) atoms. The molecule has 11 rings (SSSR count). The minimum atomic E-state index is -3.14. The molecule has 11 aromatic rings. The highest BCUT2D eigenvalue weighted by atomic mass is 28.3. The number of carbonyl (C=O) groups excluding carboxylic acids is 2. The van der Waals surface area contributed by atoms with E-state index in [2.05, 4.69) is 392 Å². The van der Waals surface area contributed by atoms with Gasteiger partial charge in [0, 0.05) is 31.9 Å². The molecule has 0 aromatic heterocycles. The number of ether oxygens (including phenoxy) is 2. The van der Waals surface area contributed by atoms with E-state index < -0.39 is 38.4 Å². The van der Waals surface area contributed by atoms with Crippen LogP contribution in [0, 0.1) is 13.8 Å². The van der Waals surface area contributed by atoms with E-state index in [0.29, 0.717) is 51.0 Å². The fourth-order valence-electron chi connectivity index (χ4n) is 18.5. The summed E-state index contributed by atoms with van der Waals surface area (Å²) in [6.45, 7) is 36.6. The number of benzene rings is 11. The maximum Gasteiger partial charge on any atom is 0.411 e. The second-order valence-electron chi connectivity index (χ2n) is 30.9. The topological polar surface area (TPSA) is 88.7 Å². The molecule has 1 amide bonds. The zero-order chi connectivity index (χ0) is 74.5. The van der Waals surface area contributed by atoms with E-state index in [9.17, 15) is 9.59 Å². The summed E-state index contributed by atoms with van der Waals surface area (Å²) in [5, 5.41) is 23.3. The lowest BCUT2D eigenvalue weighted by molar-refractivity contribution is 0.0472. The number of anilines is 1. The van der Waals surface area contributed by atoms with Crippen LogP contribution in [-0.2, 0) is 48.9 Å². The van der Waals surface area contributed by atoms with E-state index in [1.165, 1.54) is 69.3 Å². The highest BCUT2D eigenvalue weighted by Gasteiger charge is 2.50. The number of rotatable bonds is 30. The summed E-state index contributed by atoms with van der Waals surface area (Å²) < 4.78 is 12.4. The maximum atomic E-state index is 14.5. The second-order valence-corrected chi connectivity index (χ2v) is 50.3. The Bertz CT molecular complexity index is 4220. The van der Waals surface area contributed by atoms with Crippen LogP contribution in [0.15, 0.2) is 279 Å². The van der Waals surface area contributed by atoms with Gasteiger partial charge in [-0.15, -0.1) is 0 Å². The van der Waals surface area contributed by atoms with Gasteiger partial charge in [-0.2, -0.15) is 0 Å². The number of hydrogen-bond donors (Lipinski definition) is 3. The van der Waals surface area contributed by atoms with Gasteiger partial charge in [-0.3, -0.25) is 5.32 Å². The third-order valence-electron chi connectivity index (χ3n) is 23.1. The van der Waals surface area contributed by atoms with Crippen molar-refractivity contribution in [2.75, 3.05) is 5.32 Å². The normalized spacial score (nSPS) is 12.2. The minimum Gasteiger partial charge on any atom is -0.457 e. The molecule has 0 radical (unpaired) electrons. The highest BCUT2D eigenvalue weighted by Crippen LogP contribution is 2.44. The van der Waals surface area contributed by atoms with Gasteiger partial charge in [0.15, 0.2) is 16.1 Å². The molecule has 11 heteroatoms. The van der Waals surface area contributed by atoms with E-state index in [1.807, 2.05) is 0 Å². The van der Waals surface area contributed by atoms with Crippen molar-refractivity contribution in [3.8, 4) is 0 Å². The first kappa shape index (κ1) is 77.1. The van der Waals surface area contributed by atoms with Gasteiger partial charge in [0.05, 0.1) is 21.7 Å². The van der Waals surface area contributed by atoms with E-state index in [4.69, 9.17) is 9.47 Å². The summed E-state index contributed by atoms with van der Waals surface area (Å²) in [5.74, 6) is -0.229. The molecule has 0 aliphatic heterocycles. The number of amides is 1. The van der Waals surface area contributed by atoms with Crippen molar-refractivity contribution >= 4 is 102 Å². The number of nitrogens with one attached hydrogen (secondary N) is 3. The molecule has 0 saturated heterocycles. The van der Waals surface area contributed by atoms with E-state index >= 15 is 0 Å². The molecule has 11 aromatic carbocycles. The molecule has 540 valence electrons. The highest BCUT2D eigenvalue weighted by molar-refractivity contribution is 7.22. The molecular formula is C94H109N3O4Si4. The molecule has 0 aliphatic rings. The summed E-state index contributed by atoms with van der Waals surface area (Å²) in [7, 11) is -10.5. The minimum absolute atomic E-state index is 0.108. The molecular weight excluding hydrogens is 1350 g/mol. The van der Waals surface area contributed by atoms with Crippen LogP contribution >= 0.6 is 0 Å². The Hall–Kier alpha value is -9.05. The summed E-state index contributed by atoms with van der Waals surface area (Å²) in [6, 6.07) is 101. The summed E-state index contributed by atoms with van der Waals surface area (Å²) in [4.78, 5) is 28.9. The first-order valence-corrected chi connectivity index (χ1v) is 46.5. The molecule has 0 unspecified atom stereocenters. The first-order chi connectivity index (χ1) is 50.6. The average Bonchev–Trinajstić information content (AvgIpc) is 0.717. The Labute approximate surface area is 631 Å². The van der Waals surface area contributed by atoms with E-state index in [-0.39, 0.29) is 19.2 Å². The predicted molar refractivity (Wildman–Crippen MR) is 454 cm³/mol. The molecule has 0 atom stereocenters. The molecule has 0 spiro atoms. The zero-order valence-electron chi connectivity index (χ0n) is 64.4. The van der Waals surface area contributed by atoms with Crippen LogP contribution in [0.25, 0.3) is 0 Å². The lowest BCUT2D eigenvalue weighted by Gasteiger charge is -2.47. The van der Waals surface area contributed by atoms with Crippen molar-refractivity contribution in [2.45, 2.75) is 170 Å². The Balaban J connectivity index is 0.737.